The molecule has 9 heteroatoms. The zero-order chi connectivity index (χ0) is 24.2. The molecule has 2 aromatic carbocycles. The molecular formula is C25H27N3O5S. The van der Waals surface area contributed by atoms with E-state index in [0.29, 0.717) is 42.3 Å². The second-order valence-corrected chi connectivity index (χ2v) is 9.15. The van der Waals surface area contributed by atoms with Crippen LogP contribution >= 0.6 is 11.8 Å². The zero-order valence-electron chi connectivity index (χ0n) is 19.3. The van der Waals surface area contributed by atoms with Gasteiger partial charge in [0.05, 0.1) is 25.6 Å². The number of hydrogen-bond acceptors (Lipinski definition) is 7. The lowest BCUT2D eigenvalue weighted by atomic mass is 10.0. The first kappa shape index (κ1) is 23.7. The Balaban J connectivity index is 1.88. The first-order chi connectivity index (χ1) is 16.5. The standard InChI is InChI=1S/C25H27N3O5S/c1-4-5-12-28-24(30)22(23(29)27-25(28)31)18-14-21(34-20-9-7-6-8-17(20)26-18)16-11-10-15(32-2)13-19(16)33-3/h6-11,13,21,30H,4-5,12,14H2,1-3H3,(H,27,29,31)/t21-/m1/s1. The lowest BCUT2D eigenvalue weighted by Gasteiger charge is -2.20. The summed E-state index contributed by atoms with van der Waals surface area (Å²) >= 11 is 1.61. The number of thioether (sulfide) groups is 1. The molecule has 0 amide bonds. The summed E-state index contributed by atoms with van der Waals surface area (Å²) in [7, 11) is 3.20. The van der Waals surface area contributed by atoms with Crippen LogP contribution in [0.4, 0.5) is 5.69 Å². The van der Waals surface area contributed by atoms with Gasteiger partial charge in [-0.2, -0.15) is 0 Å². The minimum absolute atomic E-state index is 0.0190. The number of aliphatic imine (C=N–C) groups is 1. The molecule has 1 aromatic heterocycles. The predicted octanol–water partition coefficient (Wildman–Crippen LogP) is 4.42. The first-order valence-corrected chi connectivity index (χ1v) is 12.0. The number of nitrogens with one attached hydrogen (secondary N) is 1. The molecule has 0 fully saturated rings. The van der Waals surface area contributed by atoms with Crippen molar-refractivity contribution in [2.24, 2.45) is 4.99 Å². The second kappa shape index (κ2) is 10.2. The molecule has 1 aliphatic heterocycles. The number of unbranched alkanes of at least 4 members (excludes halogenated alkanes) is 1. The van der Waals surface area contributed by atoms with E-state index in [-0.39, 0.29) is 16.7 Å². The third-order valence-electron chi connectivity index (χ3n) is 5.75. The van der Waals surface area contributed by atoms with Crippen LogP contribution in [0.2, 0.25) is 0 Å². The van der Waals surface area contributed by atoms with Crippen molar-refractivity contribution in [1.29, 1.82) is 0 Å². The Labute approximate surface area is 201 Å². The normalized spacial score (nSPS) is 15.3. The molecule has 34 heavy (non-hydrogen) atoms. The monoisotopic (exact) mass is 481 g/mol. The van der Waals surface area contributed by atoms with Crippen molar-refractivity contribution in [2.75, 3.05) is 14.2 Å². The SMILES string of the molecule is CCCCn1c(O)c(C2=Nc3ccccc3S[C@@H](c3ccc(OC)cc3OC)C2)c(=O)[nH]c1=O. The molecule has 1 aliphatic rings. The lowest BCUT2D eigenvalue weighted by Crippen LogP contribution is -2.34. The van der Waals surface area contributed by atoms with Gasteiger partial charge in [-0.3, -0.25) is 19.3 Å². The molecule has 4 rings (SSSR count). The molecule has 0 unspecified atom stereocenters. The van der Waals surface area contributed by atoms with Gasteiger partial charge in [0.2, 0.25) is 5.88 Å². The quantitative estimate of drug-likeness (QED) is 0.518. The molecule has 8 nitrogen and oxygen atoms in total. The molecule has 0 saturated heterocycles. The molecule has 0 aliphatic carbocycles. The minimum atomic E-state index is -0.654. The van der Waals surface area contributed by atoms with Crippen molar-refractivity contribution < 1.29 is 14.6 Å². The number of nitrogens with zero attached hydrogens (tertiary/aromatic N) is 2. The summed E-state index contributed by atoms with van der Waals surface area (Å²) in [5.74, 6) is 0.970. The number of aromatic hydroxyl groups is 1. The van der Waals surface area contributed by atoms with E-state index in [1.54, 1.807) is 26.0 Å². The summed E-state index contributed by atoms with van der Waals surface area (Å²) in [6, 6.07) is 13.3. The van der Waals surface area contributed by atoms with Gasteiger partial charge in [-0.1, -0.05) is 31.5 Å². The summed E-state index contributed by atoms with van der Waals surface area (Å²) in [6.07, 6.45) is 1.87. The fourth-order valence-corrected chi connectivity index (χ4v) is 5.23. The molecule has 1 atom stereocenters. The minimum Gasteiger partial charge on any atom is -0.497 e. The first-order valence-electron chi connectivity index (χ1n) is 11.1. The molecule has 2 heterocycles. The topological polar surface area (TPSA) is 106 Å². The Morgan fingerprint density at radius 2 is 1.97 bits per heavy atom. The van der Waals surface area contributed by atoms with Crippen LogP contribution in [0.15, 0.2) is 61.9 Å². The fraction of sp³-hybridized carbons (Fsp3) is 0.320. The molecule has 0 bridgehead atoms. The van der Waals surface area contributed by atoms with E-state index < -0.39 is 11.2 Å². The molecule has 178 valence electrons. The second-order valence-electron chi connectivity index (χ2n) is 7.91. The van der Waals surface area contributed by atoms with E-state index in [1.165, 1.54) is 4.57 Å². The maximum absolute atomic E-state index is 12.9. The average molecular weight is 482 g/mol. The van der Waals surface area contributed by atoms with Gasteiger partial charge in [0, 0.05) is 34.7 Å². The molecule has 0 spiro atoms. The van der Waals surface area contributed by atoms with Crippen molar-refractivity contribution in [3.05, 3.63) is 74.4 Å². The van der Waals surface area contributed by atoms with E-state index >= 15 is 0 Å². The molecule has 0 saturated carbocycles. The van der Waals surface area contributed by atoms with Crippen LogP contribution in [0, 0.1) is 0 Å². The summed E-state index contributed by atoms with van der Waals surface area (Å²) in [4.78, 5) is 33.4. The smallest absolute Gasteiger partial charge is 0.331 e. The van der Waals surface area contributed by atoms with Gasteiger partial charge in [0.15, 0.2) is 0 Å². The number of benzene rings is 2. The molecular weight excluding hydrogens is 454 g/mol. The van der Waals surface area contributed by atoms with E-state index in [9.17, 15) is 14.7 Å². The van der Waals surface area contributed by atoms with Crippen LogP contribution in [-0.2, 0) is 6.54 Å². The molecule has 2 N–H and O–H groups in total. The average Bonchev–Trinajstić information content (AvgIpc) is 3.02. The van der Waals surface area contributed by atoms with Crippen LogP contribution in [0.25, 0.3) is 0 Å². The highest BCUT2D eigenvalue weighted by Gasteiger charge is 2.28. The Kier molecular flexibility index (Phi) is 7.12. The number of ether oxygens (including phenoxy) is 2. The van der Waals surface area contributed by atoms with Gasteiger partial charge in [0.1, 0.15) is 17.1 Å². The van der Waals surface area contributed by atoms with Gasteiger partial charge in [-0.05, 0) is 24.6 Å². The summed E-state index contributed by atoms with van der Waals surface area (Å²) < 4.78 is 12.2. The number of aromatic amines is 1. The maximum atomic E-state index is 12.9. The van der Waals surface area contributed by atoms with E-state index in [2.05, 4.69) is 4.98 Å². The summed E-state index contributed by atoms with van der Waals surface area (Å²) in [6.45, 7) is 2.30. The number of H-pyrrole nitrogens is 1. The highest BCUT2D eigenvalue weighted by atomic mass is 32.2. The molecule has 3 aromatic rings. The number of methoxy groups -OCH3 is 2. The Morgan fingerprint density at radius 3 is 2.71 bits per heavy atom. The lowest BCUT2D eigenvalue weighted by molar-refractivity contribution is 0.391. The van der Waals surface area contributed by atoms with Crippen molar-refractivity contribution in [2.45, 2.75) is 42.9 Å². The number of aromatic nitrogens is 2. The van der Waals surface area contributed by atoms with Crippen molar-refractivity contribution in [3.8, 4) is 17.4 Å². The van der Waals surface area contributed by atoms with Crippen LogP contribution in [0.1, 0.15) is 42.6 Å². The Morgan fingerprint density at radius 1 is 1.18 bits per heavy atom. The highest BCUT2D eigenvalue weighted by molar-refractivity contribution is 7.99. The number of fused-ring (bicyclic) bond motifs is 1. The maximum Gasteiger partial charge on any atom is 0.331 e. The third-order valence-corrected chi connectivity index (χ3v) is 7.06. The van der Waals surface area contributed by atoms with E-state index in [0.717, 1.165) is 16.9 Å². The zero-order valence-corrected chi connectivity index (χ0v) is 20.1. The van der Waals surface area contributed by atoms with E-state index in [1.807, 2.05) is 49.4 Å². The Bertz CT molecular complexity index is 1350. The van der Waals surface area contributed by atoms with Gasteiger partial charge in [0.25, 0.3) is 5.56 Å². The number of rotatable bonds is 7. The van der Waals surface area contributed by atoms with Crippen molar-refractivity contribution >= 4 is 23.2 Å². The fourth-order valence-electron chi connectivity index (χ4n) is 3.97. The van der Waals surface area contributed by atoms with Crippen molar-refractivity contribution in [1.82, 2.24) is 9.55 Å². The third kappa shape index (κ3) is 4.61. The van der Waals surface area contributed by atoms with Crippen LogP contribution in [0.3, 0.4) is 0 Å². The number of hydrogen-bond donors (Lipinski definition) is 2. The largest absolute Gasteiger partial charge is 0.497 e. The highest BCUT2D eigenvalue weighted by Crippen LogP contribution is 2.48. The van der Waals surface area contributed by atoms with Crippen LogP contribution in [-0.4, -0.2) is 34.6 Å². The van der Waals surface area contributed by atoms with Gasteiger partial charge >= 0.3 is 5.69 Å². The van der Waals surface area contributed by atoms with Gasteiger partial charge in [-0.25, -0.2) is 4.79 Å². The predicted molar refractivity (Wildman–Crippen MR) is 133 cm³/mol. The summed E-state index contributed by atoms with van der Waals surface area (Å²) in [5.41, 5.74) is 0.751. The summed E-state index contributed by atoms with van der Waals surface area (Å²) in [5, 5.41) is 10.8. The van der Waals surface area contributed by atoms with Gasteiger partial charge in [-0.15, -0.1) is 11.8 Å². The Hall–Kier alpha value is -3.46. The number of para-hydroxylation sites is 1. The van der Waals surface area contributed by atoms with Crippen molar-refractivity contribution in [3.63, 3.8) is 0 Å². The molecule has 0 radical (unpaired) electrons. The van der Waals surface area contributed by atoms with Crippen LogP contribution < -0.4 is 20.7 Å². The van der Waals surface area contributed by atoms with Crippen LogP contribution in [0.5, 0.6) is 17.4 Å². The van der Waals surface area contributed by atoms with Gasteiger partial charge < -0.3 is 14.6 Å². The van der Waals surface area contributed by atoms with E-state index in [4.69, 9.17) is 14.5 Å².